The van der Waals surface area contributed by atoms with E-state index < -0.39 is 32.6 Å². The summed E-state index contributed by atoms with van der Waals surface area (Å²) >= 11 is 0. The molecule has 2 nitrogen and oxygen atoms in total. The van der Waals surface area contributed by atoms with Gasteiger partial charge in [-0.25, -0.2) is 0 Å². The zero-order chi connectivity index (χ0) is 25.8. The van der Waals surface area contributed by atoms with Crippen LogP contribution in [-0.4, -0.2) is 25.1 Å². The summed E-state index contributed by atoms with van der Waals surface area (Å²) in [4.78, 5) is 0. The minimum atomic E-state index is -2.73. The summed E-state index contributed by atoms with van der Waals surface area (Å²) in [5.74, 6) is 1.31. The van der Waals surface area contributed by atoms with Gasteiger partial charge in [-0.2, -0.15) is 0 Å². The highest BCUT2D eigenvalue weighted by Gasteiger charge is 2.63. The first-order chi connectivity index (χ1) is 15.2. The molecule has 0 aromatic rings. The molecule has 4 aliphatic carbocycles. The van der Waals surface area contributed by atoms with E-state index in [2.05, 4.69) is 40.8 Å². The van der Waals surface area contributed by atoms with E-state index in [1.807, 2.05) is 6.92 Å². The lowest BCUT2D eigenvalue weighted by molar-refractivity contribution is -0.152. The Bertz CT molecular complexity index is 808. The largest absolute Gasteiger partial charge is 0.414 e. The Balaban J connectivity index is 1.57. The van der Waals surface area contributed by atoms with Crippen LogP contribution in [0, 0.1) is 34.5 Å². The van der Waals surface area contributed by atoms with Crippen molar-refractivity contribution in [3.8, 4) is 0 Å². The van der Waals surface area contributed by atoms with Crippen LogP contribution >= 0.6 is 0 Å². The molecule has 0 aromatic heterocycles. The van der Waals surface area contributed by atoms with Crippen LogP contribution in [0.5, 0.6) is 0 Å². The Kier molecular flexibility index (Phi) is 3.93. The summed E-state index contributed by atoms with van der Waals surface area (Å²) in [7, 11) is -1.81. The molecular formula is C26H48O2Si. The van der Waals surface area contributed by atoms with E-state index in [9.17, 15) is 5.11 Å². The molecule has 29 heavy (non-hydrogen) atoms. The Morgan fingerprint density at radius 2 is 1.76 bits per heavy atom. The van der Waals surface area contributed by atoms with Crippen molar-refractivity contribution in [1.29, 1.82) is 0 Å². The van der Waals surface area contributed by atoms with Crippen LogP contribution < -0.4 is 0 Å². The standard InChI is InChI=1S/C26H48O2Si/c1-23(2,3)29(7,8)28-19-11-14-24(4)18(17-19)9-10-20-21(24)12-15-25(5)22(20)13-16-26(25,6)27/h18-22,27H,9-17H2,1-8H3/t18-,19-,20+,21-,22-,24-,25-,26-/m0/s1/i6D3,16D2. The van der Waals surface area contributed by atoms with Crippen LogP contribution in [0.3, 0.4) is 0 Å². The van der Waals surface area contributed by atoms with Crippen molar-refractivity contribution < 1.29 is 16.4 Å². The van der Waals surface area contributed by atoms with Crippen molar-refractivity contribution >= 4 is 8.32 Å². The molecule has 4 saturated carbocycles. The third-order valence-electron chi connectivity index (χ3n) is 10.7. The highest BCUT2D eigenvalue weighted by molar-refractivity contribution is 6.74. The minimum Gasteiger partial charge on any atom is -0.414 e. The topological polar surface area (TPSA) is 29.5 Å². The van der Waals surface area contributed by atoms with Gasteiger partial charge in [0.25, 0.3) is 0 Å². The van der Waals surface area contributed by atoms with Crippen LogP contribution in [0.2, 0.25) is 18.1 Å². The maximum atomic E-state index is 11.6. The lowest BCUT2D eigenvalue weighted by Gasteiger charge is -2.62. The minimum absolute atomic E-state index is 0.0781. The van der Waals surface area contributed by atoms with Gasteiger partial charge in [0.1, 0.15) is 0 Å². The highest BCUT2D eigenvalue weighted by atomic mass is 28.4. The molecule has 0 aromatic carbocycles. The molecule has 0 heterocycles. The van der Waals surface area contributed by atoms with Gasteiger partial charge in [0.2, 0.25) is 0 Å². The molecule has 1 N–H and O–H groups in total. The second kappa shape index (κ2) is 6.82. The molecule has 8 atom stereocenters. The molecule has 4 fully saturated rings. The molecule has 3 heteroatoms. The molecule has 0 bridgehead atoms. The Morgan fingerprint density at radius 1 is 1.03 bits per heavy atom. The molecule has 0 unspecified atom stereocenters. The normalized spacial score (nSPS) is 55.3. The molecule has 4 aliphatic rings. The second-order valence-corrected chi connectivity index (χ2v) is 17.7. The van der Waals surface area contributed by atoms with Gasteiger partial charge in [-0.05, 0) is 117 Å². The van der Waals surface area contributed by atoms with Gasteiger partial charge < -0.3 is 9.53 Å². The van der Waals surface area contributed by atoms with Crippen molar-refractivity contribution in [1.82, 2.24) is 0 Å². The average molecular weight is 426 g/mol. The van der Waals surface area contributed by atoms with Crippen molar-refractivity contribution in [2.24, 2.45) is 34.5 Å². The SMILES string of the molecule is [2H]C([2H])([2H])[C@]1(O)C([2H])([2H])C[C@H]2[C@@H]3CC[C@H]4C[C@@H](O[Si](C)(C)C(C)(C)C)CC[C@]4(C)[C@H]3CC[C@@]21C. The first kappa shape index (κ1) is 16.7. The van der Waals surface area contributed by atoms with Gasteiger partial charge in [0, 0.05) is 13.0 Å². The summed E-state index contributed by atoms with van der Waals surface area (Å²) in [6.45, 7) is 13.2. The van der Waals surface area contributed by atoms with E-state index in [4.69, 9.17) is 11.3 Å². The van der Waals surface area contributed by atoms with Crippen LogP contribution in [0.1, 0.15) is 106 Å². The zero-order valence-corrected chi connectivity index (χ0v) is 20.9. The third-order valence-corrected chi connectivity index (χ3v) is 15.2. The lowest BCUT2D eigenvalue weighted by Crippen LogP contribution is -2.57. The maximum absolute atomic E-state index is 11.6. The van der Waals surface area contributed by atoms with Gasteiger partial charge in [-0.3, -0.25) is 0 Å². The molecule has 4 rings (SSSR count). The second-order valence-electron chi connectivity index (χ2n) is 13.0. The smallest absolute Gasteiger partial charge is 0.192 e. The number of aliphatic hydroxyl groups is 1. The van der Waals surface area contributed by atoms with Crippen molar-refractivity contribution in [2.45, 2.75) is 129 Å². The monoisotopic (exact) mass is 425 g/mol. The van der Waals surface area contributed by atoms with Gasteiger partial charge in [-0.15, -0.1) is 0 Å². The first-order valence-corrected chi connectivity index (χ1v) is 15.0. The molecular weight excluding hydrogens is 372 g/mol. The van der Waals surface area contributed by atoms with E-state index in [1.54, 1.807) is 0 Å². The van der Waals surface area contributed by atoms with Crippen molar-refractivity contribution in [3.05, 3.63) is 0 Å². The zero-order valence-electron chi connectivity index (χ0n) is 24.9. The van der Waals surface area contributed by atoms with Gasteiger partial charge >= 0.3 is 0 Å². The summed E-state index contributed by atoms with van der Waals surface area (Å²) in [6.07, 6.45) is 5.37. The maximum Gasteiger partial charge on any atom is 0.192 e. The molecule has 0 spiro atoms. The molecule has 0 radical (unpaired) electrons. The van der Waals surface area contributed by atoms with E-state index in [-0.39, 0.29) is 22.8 Å². The summed E-state index contributed by atoms with van der Waals surface area (Å²) < 4.78 is 48.5. The van der Waals surface area contributed by atoms with Crippen molar-refractivity contribution in [2.75, 3.05) is 0 Å². The Hall–Kier alpha value is 0.137. The van der Waals surface area contributed by atoms with Crippen LogP contribution in [-0.2, 0) is 4.43 Å². The van der Waals surface area contributed by atoms with Gasteiger partial charge in [0.05, 0.1) is 5.60 Å². The van der Waals surface area contributed by atoms with Gasteiger partial charge in [-0.1, -0.05) is 34.6 Å². The number of hydrogen-bond donors (Lipinski definition) is 1. The fourth-order valence-electron chi connectivity index (χ4n) is 7.52. The van der Waals surface area contributed by atoms with E-state index >= 15 is 0 Å². The molecule has 168 valence electrons. The Morgan fingerprint density at radius 3 is 2.41 bits per heavy atom. The first-order valence-electron chi connectivity index (χ1n) is 14.6. The fourth-order valence-corrected chi connectivity index (χ4v) is 8.93. The summed E-state index contributed by atoms with van der Waals surface area (Å²) in [5, 5.41) is 11.8. The molecule has 0 aliphatic heterocycles. The number of fused-ring (bicyclic) bond motifs is 5. The lowest BCUT2D eigenvalue weighted by atomic mass is 9.44. The van der Waals surface area contributed by atoms with E-state index in [0.29, 0.717) is 30.3 Å². The van der Waals surface area contributed by atoms with E-state index in [1.165, 1.54) is 0 Å². The van der Waals surface area contributed by atoms with Crippen LogP contribution in [0.4, 0.5) is 0 Å². The Labute approximate surface area is 188 Å². The molecule has 0 saturated heterocycles. The predicted octanol–water partition coefficient (Wildman–Crippen LogP) is 7.17. The van der Waals surface area contributed by atoms with Gasteiger partial charge in [0.15, 0.2) is 8.32 Å². The third kappa shape index (κ3) is 3.32. The predicted molar refractivity (Wildman–Crippen MR) is 124 cm³/mol. The highest BCUT2D eigenvalue weighted by Crippen LogP contribution is 2.68. The van der Waals surface area contributed by atoms with E-state index in [0.717, 1.165) is 38.5 Å². The number of rotatable bonds is 2. The average Bonchev–Trinajstić information content (AvgIpc) is 2.84. The van der Waals surface area contributed by atoms with Crippen molar-refractivity contribution in [3.63, 3.8) is 0 Å². The fraction of sp³-hybridized carbons (Fsp3) is 1.00. The van der Waals surface area contributed by atoms with Crippen LogP contribution in [0.25, 0.3) is 0 Å². The van der Waals surface area contributed by atoms with Crippen LogP contribution in [0.15, 0.2) is 0 Å². The molecule has 0 amide bonds. The summed E-state index contributed by atoms with van der Waals surface area (Å²) in [6, 6.07) is 0. The quantitative estimate of drug-likeness (QED) is 0.475. The summed E-state index contributed by atoms with van der Waals surface area (Å²) in [5.41, 5.74) is -2.99. The number of hydrogen-bond acceptors (Lipinski definition) is 2.